The molecule has 9 heteroatoms. The Hall–Kier alpha value is -2.16. The Morgan fingerprint density at radius 3 is 2.32 bits per heavy atom. The van der Waals surface area contributed by atoms with Crippen LogP contribution in [0.3, 0.4) is 0 Å². The second-order valence-corrected chi connectivity index (χ2v) is 5.13. The van der Waals surface area contributed by atoms with E-state index in [1.54, 1.807) is 7.05 Å². The van der Waals surface area contributed by atoms with Crippen LogP contribution in [0.5, 0.6) is 12.0 Å². The summed E-state index contributed by atoms with van der Waals surface area (Å²) in [6, 6.07) is 0.381. The fourth-order valence-corrected chi connectivity index (χ4v) is 2.38. The average molecular weight is 310 g/mol. The van der Waals surface area contributed by atoms with Gasteiger partial charge in [-0.05, 0) is 7.05 Å². The Bertz CT molecular complexity index is 504. The molecule has 1 N–H and O–H groups in total. The molecule has 1 aliphatic rings. The molecule has 2 rings (SSSR count). The first-order valence-corrected chi connectivity index (χ1v) is 7.06. The third-order valence-electron chi connectivity index (χ3n) is 3.57. The van der Waals surface area contributed by atoms with E-state index in [0.29, 0.717) is 25.6 Å². The molecule has 0 aliphatic carbocycles. The molecule has 1 fully saturated rings. The topological polar surface area (TPSA) is 92.7 Å². The van der Waals surface area contributed by atoms with E-state index in [9.17, 15) is 4.79 Å². The van der Waals surface area contributed by atoms with Crippen LogP contribution in [0.2, 0.25) is 0 Å². The molecule has 1 aromatic rings. The van der Waals surface area contributed by atoms with Crippen LogP contribution in [-0.2, 0) is 4.79 Å². The molecule has 0 bridgehead atoms. The minimum atomic E-state index is -0.161. The lowest BCUT2D eigenvalue weighted by Crippen LogP contribution is -2.39. The Morgan fingerprint density at radius 2 is 1.77 bits per heavy atom. The summed E-state index contributed by atoms with van der Waals surface area (Å²) in [6.07, 6.45) is 0. The molecule has 22 heavy (non-hydrogen) atoms. The van der Waals surface area contributed by atoms with E-state index in [1.807, 2.05) is 11.9 Å². The first-order valence-electron chi connectivity index (χ1n) is 7.06. The van der Waals surface area contributed by atoms with Crippen LogP contribution in [-0.4, -0.2) is 80.3 Å². The minimum absolute atomic E-state index is 0.00624. The lowest BCUT2D eigenvalue weighted by molar-refractivity contribution is -0.124. The Kier molecular flexibility index (Phi) is 5.31. The van der Waals surface area contributed by atoms with Gasteiger partial charge in [0.05, 0.1) is 20.1 Å². The molecular weight excluding hydrogens is 288 g/mol. The van der Waals surface area contributed by atoms with Gasteiger partial charge in [-0.25, -0.2) is 0 Å². The molecule has 1 amide bonds. The SMILES string of the molecule is CNC(=O)[C@H]1CN(C)CCN(c2nc(OC)nc(OC)n2)C1. The van der Waals surface area contributed by atoms with Gasteiger partial charge in [-0.3, -0.25) is 4.79 Å². The van der Waals surface area contributed by atoms with Crippen molar-refractivity contribution in [2.45, 2.75) is 0 Å². The molecule has 0 saturated carbocycles. The molecule has 1 saturated heterocycles. The van der Waals surface area contributed by atoms with Gasteiger partial charge < -0.3 is 24.6 Å². The zero-order chi connectivity index (χ0) is 16.1. The number of nitrogens with zero attached hydrogens (tertiary/aromatic N) is 5. The number of aromatic nitrogens is 3. The number of carbonyl (C=O) groups excluding carboxylic acids is 1. The number of hydrogen-bond acceptors (Lipinski definition) is 8. The molecule has 0 unspecified atom stereocenters. The van der Waals surface area contributed by atoms with Gasteiger partial charge in [-0.15, -0.1) is 4.98 Å². The summed E-state index contributed by atoms with van der Waals surface area (Å²) in [7, 11) is 6.62. The highest BCUT2D eigenvalue weighted by molar-refractivity contribution is 5.79. The number of nitrogens with one attached hydrogen (secondary N) is 1. The van der Waals surface area contributed by atoms with Crippen molar-refractivity contribution >= 4 is 11.9 Å². The summed E-state index contributed by atoms with van der Waals surface area (Å²) in [4.78, 5) is 28.6. The first kappa shape index (κ1) is 16.2. The smallest absolute Gasteiger partial charge is 0.324 e. The number of rotatable bonds is 4. The molecular formula is C13H22N6O3. The van der Waals surface area contributed by atoms with Crippen LogP contribution >= 0.6 is 0 Å². The van der Waals surface area contributed by atoms with Gasteiger partial charge in [0.2, 0.25) is 11.9 Å². The molecule has 122 valence electrons. The molecule has 0 radical (unpaired) electrons. The highest BCUT2D eigenvalue weighted by Crippen LogP contribution is 2.19. The predicted molar refractivity (Wildman–Crippen MR) is 80.2 cm³/mol. The summed E-state index contributed by atoms with van der Waals surface area (Å²) in [5.41, 5.74) is 0. The number of carbonyl (C=O) groups is 1. The van der Waals surface area contributed by atoms with E-state index in [1.165, 1.54) is 14.2 Å². The fraction of sp³-hybridized carbons (Fsp3) is 0.692. The highest BCUT2D eigenvalue weighted by atomic mass is 16.5. The Balaban J connectivity index is 2.27. The molecule has 1 atom stereocenters. The summed E-state index contributed by atoms with van der Waals surface area (Å²) in [5.74, 6) is 0.297. The number of anilines is 1. The molecule has 0 aromatic carbocycles. The van der Waals surface area contributed by atoms with Crippen LogP contribution in [0.15, 0.2) is 0 Å². The largest absolute Gasteiger partial charge is 0.467 e. The van der Waals surface area contributed by atoms with Crippen molar-refractivity contribution in [1.82, 2.24) is 25.2 Å². The van der Waals surface area contributed by atoms with E-state index >= 15 is 0 Å². The normalized spacial score (nSPS) is 19.5. The monoisotopic (exact) mass is 310 g/mol. The Labute approximate surface area is 129 Å². The molecule has 1 aliphatic heterocycles. The summed E-state index contributed by atoms with van der Waals surface area (Å²) in [6.45, 7) is 2.74. The third kappa shape index (κ3) is 3.73. The molecule has 1 aromatic heterocycles. The second kappa shape index (κ2) is 7.21. The van der Waals surface area contributed by atoms with Crippen LogP contribution in [0.1, 0.15) is 0 Å². The van der Waals surface area contributed by atoms with E-state index < -0.39 is 0 Å². The standard InChI is InChI=1S/C13H22N6O3/c1-14-10(20)9-7-18(2)5-6-19(8-9)11-15-12(21-3)17-13(16-11)22-4/h9H,5-8H2,1-4H3,(H,14,20)/t9-/m0/s1. The summed E-state index contributed by atoms with van der Waals surface area (Å²) < 4.78 is 10.2. The molecule has 0 spiro atoms. The molecule has 2 heterocycles. The second-order valence-electron chi connectivity index (χ2n) is 5.13. The average Bonchev–Trinajstić information content (AvgIpc) is 2.75. The van der Waals surface area contributed by atoms with Crippen LogP contribution in [0, 0.1) is 5.92 Å². The molecule has 9 nitrogen and oxygen atoms in total. The fourth-order valence-electron chi connectivity index (χ4n) is 2.38. The van der Waals surface area contributed by atoms with Crippen LogP contribution in [0.4, 0.5) is 5.95 Å². The van der Waals surface area contributed by atoms with E-state index in [2.05, 4.69) is 25.2 Å². The Morgan fingerprint density at radius 1 is 1.14 bits per heavy atom. The number of likely N-dealkylation sites (N-methyl/N-ethyl adjacent to an activating group) is 1. The van der Waals surface area contributed by atoms with E-state index in [-0.39, 0.29) is 23.8 Å². The number of hydrogen-bond donors (Lipinski definition) is 1. The summed E-state index contributed by atoms with van der Waals surface area (Å²) in [5, 5.41) is 2.71. The number of ether oxygens (including phenoxy) is 2. The van der Waals surface area contributed by atoms with Crippen molar-refractivity contribution in [2.75, 3.05) is 59.4 Å². The lowest BCUT2D eigenvalue weighted by Gasteiger charge is -2.23. The first-order chi connectivity index (χ1) is 10.6. The van der Waals surface area contributed by atoms with Crippen molar-refractivity contribution in [3.63, 3.8) is 0 Å². The predicted octanol–water partition coefficient (Wildman–Crippen LogP) is -0.997. The maximum Gasteiger partial charge on any atom is 0.324 e. The van der Waals surface area contributed by atoms with Gasteiger partial charge in [0.1, 0.15) is 0 Å². The van der Waals surface area contributed by atoms with Crippen molar-refractivity contribution in [2.24, 2.45) is 5.92 Å². The minimum Gasteiger partial charge on any atom is -0.467 e. The van der Waals surface area contributed by atoms with Gasteiger partial charge in [0.15, 0.2) is 0 Å². The van der Waals surface area contributed by atoms with Crippen molar-refractivity contribution in [3.05, 3.63) is 0 Å². The third-order valence-corrected chi connectivity index (χ3v) is 3.57. The lowest BCUT2D eigenvalue weighted by atomic mass is 10.1. The van der Waals surface area contributed by atoms with Gasteiger partial charge in [0.25, 0.3) is 0 Å². The van der Waals surface area contributed by atoms with Gasteiger partial charge >= 0.3 is 12.0 Å². The number of methoxy groups -OCH3 is 2. The van der Waals surface area contributed by atoms with Crippen LogP contribution < -0.4 is 19.7 Å². The van der Waals surface area contributed by atoms with Crippen molar-refractivity contribution in [3.8, 4) is 12.0 Å². The number of amides is 1. The van der Waals surface area contributed by atoms with Crippen molar-refractivity contribution < 1.29 is 14.3 Å². The van der Waals surface area contributed by atoms with E-state index in [4.69, 9.17) is 9.47 Å². The van der Waals surface area contributed by atoms with E-state index in [0.717, 1.165) is 6.54 Å². The maximum atomic E-state index is 12.0. The zero-order valence-electron chi connectivity index (χ0n) is 13.4. The van der Waals surface area contributed by atoms with Crippen molar-refractivity contribution in [1.29, 1.82) is 0 Å². The summed E-state index contributed by atoms with van der Waals surface area (Å²) >= 11 is 0. The quantitative estimate of drug-likeness (QED) is 0.757. The van der Waals surface area contributed by atoms with Gasteiger partial charge in [0, 0.05) is 33.2 Å². The zero-order valence-corrected chi connectivity index (χ0v) is 13.4. The van der Waals surface area contributed by atoms with Gasteiger partial charge in [-0.1, -0.05) is 0 Å². The van der Waals surface area contributed by atoms with Gasteiger partial charge in [-0.2, -0.15) is 9.97 Å². The maximum absolute atomic E-state index is 12.0. The highest BCUT2D eigenvalue weighted by Gasteiger charge is 2.28. The van der Waals surface area contributed by atoms with Crippen LogP contribution in [0.25, 0.3) is 0 Å².